The quantitative estimate of drug-likeness (QED) is 0.806. The minimum Gasteiger partial charge on any atom is -0.454 e. The lowest BCUT2D eigenvalue weighted by molar-refractivity contribution is -0.117. The molecular weight excluding hydrogens is 260 g/mol. The molecule has 2 N–H and O–H groups in total. The smallest absolute Gasteiger partial charge is 0.238 e. The average Bonchev–Trinajstić information content (AvgIpc) is 3.17. The Morgan fingerprint density at radius 2 is 2.15 bits per heavy atom. The average molecular weight is 278 g/mol. The van der Waals surface area contributed by atoms with Crippen LogP contribution >= 0.6 is 0 Å². The van der Waals surface area contributed by atoms with Crippen molar-refractivity contribution in [2.45, 2.75) is 18.9 Å². The molecule has 20 heavy (non-hydrogen) atoms. The summed E-state index contributed by atoms with van der Waals surface area (Å²) in [4.78, 5) is 14.0. The molecule has 1 saturated carbocycles. The van der Waals surface area contributed by atoms with Gasteiger partial charge in [0.15, 0.2) is 11.5 Å². The Labute approximate surface area is 117 Å². The van der Waals surface area contributed by atoms with E-state index >= 15 is 0 Å². The summed E-state index contributed by atoms with van der Waals surface area (Å²) >= 11 is 0. The van der Waals surface area contributed by atoms with Gasteiger partial charge in [-0.3, -0.25) is 9.69 Å². The van der Waals surface area contributed by atoms with E-state index in [0.717, 1.165) is 12.8 Å². The van der Waals surface area contributed by atoms with E-state index in [-0.39, 0.29) is 19.3 Å². The number of hydrogen-bond donors (Lipinski definition) is 2. The van der Waals surface area contributed by atoms with Gasteiger partial charge < -0.3 is 19.9 Å². The van der Waals surface area contributed by atoms with Crippen LogP contribution in [0.15, 0.2) is 18.2 Å². The molecule has 1 aromatic rings. The first kappa shape index (κ1) is 13.2. The normalized spacial score (nSPS) is 16.5. The van der Waals surface area contributed by atoms with Crippen LogP contribution in [-0.2, 0) is 4.79 Å². The molecule has 3 rings (SSSR count). The molecule has 108 valence electrons. The number of ether oxygens (including phenoxy) is 2. The highest BCUT2D eigenvalue weighted by molar-refractivity contribution is 5.92. The van der Waals surface area contributed by atoms with Crippen molar-refractivity contribution in [3.05, 3.63) is 18.2 Å². The monoisotopic (exact) mass is 278 g/mol. The van der Waals surface area contributed by atoms with Crippen LogP contribution in [0.25, 0.3) is 0 Å². The molecule has 0 spiro atoms. The van der Waals surface area contributed by atoms with Gasteiger partial charge in [-0.25, -0.2) is 0 Å². The molecule has 0 saturated heterocycles. The summed E-state index contributed by atoms with van der Waals surface area (Å²) in [6.45, 7) is 1.14. The van der Waals surface area contributed by atoms with Crippen molar-refractivity contribution in [1.82, 2.24) is 4.90 Å². The van der Waals surface area contributed by atoms with Gasteiger partial charge in [0.25, 0.3) is 0 Å². The number of fused-ring (bicyclic) bond motifs is 1. The minimum atomic E-state index is -0.0794. The number of rotatable bonds is 6. The van der Waals surface area contributed by atoms with Gasteiger partial charge in [-0.2, -0.15) is 0 Å². The van der Waals surface area contributed by atoms with Crippen LogP contribution in [0, 0.1) is 0 Å². The molecule has 1 amide bonds. The van der Waals surface area contributed by atoms with Crippen molar-refractivity contribution < 1.29 is 19.4 Å². The fraction of sp³-hybridized carbons (Fsp3) is 0.500. The zero-order chi connectivity index (χ0) is 13.9. The van der Waals surface area contributed by atoms with Crippen LogP contribution < -0.4 is 14.8 Å². The standard InChI is InChI=1S/C14H18N2O4/c17-6-5-16(11-2-3-11)8-14(18)15-10-1-4-12-13(7-10)20-9-19-12/h1,4,7,11,17H,2-3,5-6,8-9H2,(H,15,18). The van der Waals surface area contributed by atoms with E-state index in [1.54, 1.807) is 18.2 Å². The second-order valence-corrected chi connectivity index (χ2v) is 5.04. The molecule has 0 radical (unpaired) electrons. The summed E-state index contributed by atoms with van der Waals surface area (Å²) in [6, 6.07) is 5.78. The topological polar surface area (TPSA) is 71.0 Å². The van der Waals surface area contributed by atoms with Gasteiger partial charge in [0, 0.05) is 24.3 Å². The highest BCUT2D eigenvalue weighted by Gasteiger charge is 2.29. The number of benzene rings is 1. The molecule has 1 aliphatic carbocycles. The van der Waals surface area contributed by atoms with Crippen molar-refractivity contribution >= 4 is 11.6 Å². The summed E-state index contributed by atoms with van der Waals surface area (Å²) < 4.78 is 10.5. The number of anilines is 1. The van der Waals surface area contributed by atoms with Crippen LogP contribution in [0.1, 0.15) is 12.8 Å². The largest absolute Gasteiger partial charge is 0.454 e. The maximum Gasteiger partial charge on any atom is 0.238 e. The third-order valence-electron chi connectivity index (χ3n) is 3.45. The number of aliphatic hydroxyl groups is 1. The Hall–Kier alpha value is -1.79. The lowest BCUT2D eigenvalue weighted by Gasteiger charge is -2.20. The van der Waals surface area contributed by atoms with Crippen molar-refractivity contribution in [2.24, 2.45) is 0 Å². The summed E-state index contributed by atoms with van der Waals surface area (Å²) in [5.41, 5.74) is 0.694. The van der Waals surface area contributed by atoms with E-state index in [1.807, 2.05) is 4.90 Å². The van der Waals surface area contributed by atoms with Gasteiger partial charge in [-0.1, -0.05) is 0 Å². The molecule has 0 unspecified atom stereocenters. The van der Waals surface area contributed by atoms with Crippen molar-refractivity contribution in [3.63, 3.8) is 0 Å². The molecule has 2 aliphatic rings. The highest BCUT2D eigenvalue weighted by Crippen LogP contribution is 2.34. The molecular formula is C14H18N2O4. The third-order valence-corrected chi connectivity index (χ3v) is 3.45. The van der Waals surface area contributed by atoms with Gasteiger partial charge >= 0.3 is 0 Å². The summed E-state index contributed by atoms with van der Waals surface area (Å²) in [6.07, 6.45) is 2.22. The minimum absolute atomic E-state index is 0.0772. The molecule has 1 aliphatic heterocycles. The van der Waals surface area contributed by atoms with Gasteiger partial charge in [0.1, 0.15) is 0 Å². The summed E-state index contributed by atoms with van der Waals surface area (Å²) in [7, 11) is 0. The SMILES string of the molecule is O=C(CN(CCO)C1CC1)Nc1ccc2c(c1)OCO2. The number of aliphatic hydroxyl groups excluding tert-OH is 1. The number of nitrogens with zero attached hydrogens (tertiary/aromatic N) is 1. The van der Waals surface area contributed by atoms with Gasteiger partial charge in [0.2, 0.25) is 12.7 Å². The van der Waals surface area contributed by atoms with E-state index in [4.69, 9.17) is 14.6 Å². The molecule has 6 nitrogen and oxygen atoms in total. The maximum absolute atomic E-state index is 12.0. The predicted molar refractivity (Wildman–Crippen MR) is 72.9 cm³/mol. The number of carbonyl (C=O) groups excluding carboxylic acids is 1. The molecule has 1 heterocycles. The van der Waals surface area contributed by atoms with Crippen LogP contribution in [0.3, 0.4) is 0 Å². The molecule has 1 fully saturated rings. The van der Waals surface area contributed by atoms with E-state index in [9.17, 15) is 4.79 Å². The van der Waals surface area contributed by atoms with Crippen LogP contribution in [0.5, 0.6) is 11.5 Å². The first-order valence-electron chi connectivity index (χ1n) is 6.80. The van der Waals surface area contributed by atoms with E-state index in [0.29, 0.717) is 36.3 Å². The van der Waals surface area contributed by atoms with Crippen molar-refractivity contribution in [1.29, 1.82) is 0 Å². The Morgan fingerprint density at radius 3 is 2.90 bits per heavy atom. The van der Waals surface area contributed by atoms with Crippen LogP contribution in [-0.4, -0.2) is 48.4 Å². The molecule has 1 aromatic carbocycles. The Morgan fingerprint density at radius 1 is 1.35 bits per heavy atom. The van der Waals surface area contributed by atoms with Crippen molar-refractivity contribution in [3.8, 4) is 11.5 Å². The van der Waals surface area contributed by atoms with Crippen LogP contribution in [0.4, 0.5) is 5.69 Å². The predicted octanol–water partition coefficient (Wildman–Crippen LogP) is 0.810. The number of nitrogens with one attached hydrogen (secondary N) is 1. The zero-order valence-electron chi connectivity index (χ0n) is 11.2. The van der Waals surface area contributed by atoms with Gasteiger partial charge in [-0.15, -0.1) is 0 Å². The van der Waals surface area contributed by atoms with E-state index in [2.05, 4.69) is 5.32 Å². The Kier molecular flexibility index (Phi) is 3.75. The van der Waals surface area contributed by atoms with Gasteiger partial charge in [0.05, 0.1) is 13.2 Å². The first-order chi connectivity index (χ1) is 9.76. The van der Waals surface area contributed by atoms with E-state index in [1.165, 1.54) is 0 Å². The second kappa shape index (κ2) is 5.68. The second-order valence-electron chi connectivity index (χ2n) is 5.04. The molecule has 0 bridgehead atoms. The highest BCUT2D eigenvalue weighted by atomic mass is 16.7. The van der Waals surface area contributed by atoms with Crippen LogP contribution in [0.2, 0.25) is 0 Å². The van der Waals surface area contributed by atoms with Gasteiger partial charge in [-0.05, 0) is 25.0 Å². The zero-order valence-corrected chi connectivity index (χ0v) is 11.2. The third kappa shape index (κ3) is 3.02. The number of carbonyl (C=O) groups is 1. The Balaban J connectivity index is 1.58. The van der Waals surface area contributed by atoms with E-state index < -0.39 is 0 Å². The number of hydrogen-bond acceptors (Lipinski definition) is 5. The Bertz CT molecular complexity index is 502. The maximum atomic E-state index is 12.0. The number of amides is 1. The van der Waals surface area contributed by atoms with Crippen molar-refractivity contribution in [2.75, 3.05) is 31.8 Å². The molecule has 0 atom stereocenters. The summed E-state index contributed by atoms with van der Waals surface area (Å²) in [5, 5.41) is 11.9. The first-order valence-corrected chi connectivity index (χ1v) is 6.80. The fourth-order valence-electron chi connectivity index (χ4n) is 2.32. The lowest BCUT2D eigenvalue weighted by atomic mass is 10.2. The summed E-state index contributed by atoms with van der Waals surface area (Å²) in [5.74, 6) is 1.27. The molecule has 0 aromatic heterocycles. The lowest BCUT2D eigenvalue weighted by Crippen LogP contribution is -2.36. The fourth-order valence-corrected chi connectivity index (χ4v) is 2.32. The molecule has 6 heteroatoms.